The number of aromatic amines is 1. The maximum Gasteiger partial charge on any atom is 0.355 e. The fourth-order valence-electron chi connectivity index (χ4n) is 1.60. The Kier molecular flexibility index (Phi) is 4.20. The van der Waals surface area contributed by atoms with Gasteiger partial charge >= 0.3 is 5.97 Å². The first-order chi connectivity index (χ1) is 9.49. The van der Waals surface area contributed by atoms with E-state index in [4.69, 9.17) is 16.3 Å². The second-order valence-electron chi connectivity index (χ2n) is 4.13. The van der Waals surface area contributed by atoms with Gasteiger partial charge in [-0.1, -0.05) is 17.7 Å². The van der Waals surface area contributed by atoms with Crippen molar-refractivity contribution >= 4 is 23.4 Å². The first-order valence-electron chi connectivity index (χ1n) is 5.78. The van der Waals surface area contributed by atoms with E-state index in [0.717, 1.165) is 0 Å². The highest BCUT2D eigenvalue weighted by Crippen LogP contribution is 2.20. The molecule has 4 nitrogen and oxygen atoms in total. The topological polar surface area (TPSA) is 59.2 Å². The Hall–Kier alpha value is -2.14. The van der Waals surface area contributed by atoms with Crippen LogP contribution in [0.3, 0.4) is 0 Å². The van der Waals surface area contributed by atoms with Crippen molar-refractivity contribution in [1.29, 1.82) is 0 Å². The van der Waals surface area contributed by atoms with Crippen molar-refractivity contribution in [1.82, 2.24) is 4.98 Å². The summed E-state index contributed by atoms with van der Waals surface area (Å²) in [5.41, 5.74) is 0.615. The molecule has 0 fully saturated rings. The van der Waals surface area contributed by atoms with Crippen LogP contribution in [0.25, 0.3) is 0 Å². The number of hydrogen-bond donors (Lipinski definition) is 1. The van der Waals surface area contributed by atoms with Crippen molar-refractivity contribution in [3.05, 3.63) is 58.1 Å². The maximum absolute atomic E-state index is 13.5. The Bertz CT molecular complexity index is 646. The fraction of sp³-hybridized carbons (Fsp3) is 0.143. The lowest BCUT2D eigenvalue weighted by Gasteiger charge is -2.06. The van der Waals surface area contributed by atoms with Gasteiger partial charge in [-0.25, -0.2) is 9.18 Å². The predicted octanol–water partition coefficient (Wildman–Crippen LogP) is 3.37. The summed E-state index contributed by atoms with van der Waals surface area (Å²) in [6.07, 6.45) is 1.41. The Morgan fingerprint density at radius 1 is 1.40 bits per heavy atom. The Morgan fingerprint density at radius 2 is 2.15 bits per heavy atom. The van der Waals surface area contributed by atoms with Crippen LogP contribution in [-0.4, -0.2) is 16.7 Å². The summed E-state index contributed by atoms with van der Waals surface area (Å²) in [4.78, 5) is 25.5. The van der Waals surface area contributed by atoms with Gasteiger partial charge in [0.15, 0.2) is 5.78 Å². The zero-order valence-corrected chi connectivity index (χ0v) is 11.3. The monoisotopic (exact) mass is 295 g/mol. The number of aromatic nitrogens is 1. The van der Waals surface area contributed by atoms with Gasteiger partial charge in [0.1, 0.15) is 18.1 Å². The van der Waals surface area contributed by atoms with Crippen molar-refractivity contribution in [2.75, 3.05) is 0 Å². The summed E-state index contributed by atoms with van der Waals surface area (Å²) < 4.78 is 18.4. The third kappa shape index (κ3) is 3.05. The number of nitrogens with one attached hydrogen (secondary N) is 1. The molecule has 1 N–H and O–H groups in total. The molecule has 0 atom stereocenters. The highest BCUT2D eigenvalue weighted by atomic mass is 35.5. The van der Waals surface area contributed by atoms with E-state index >= 15 is 0 Å². The molecule has 1 aromatic heterocycles. The lowest BCUT2D eigenvalue weighted by atomic mass is 10.2. The molecular weight excluding hydrogens is 285 g/mol. The molecule has 0 amide bonds. The highest BCUT2D eigenvalue weighted by molar-refractivity contribution is 6.31. The average molecular weight is 296 g/mol. The van der Waals surface area contributed by atoms with Crippen LogP contribution in [0.4, 0.5) is 4.39 Å². The molecule has 104 valence electrons. The zero-order valence-electron chi connectivity index (χ0n) is 10.6. The molecular formula is C14H11ClFNO3. The second-order valence-corrected chi connectivity index (χ2v) is 4.54. The van der Waals surface area contributed by atoms with Gasteiger partial charge < -0.3 is 9.72 Å². The summed E-state index contributed by atoms with van der Waals surface area (Å²) in [5.74, 6) is -1.39. The molecule has 0 aliphatic rings. The summed E-state index contributed by atoms with van der Waals surface area (Å²) in [5, 5.41) is 0.189. The van der Waals surface area contributed by atoms with Crippen LogP contribution in [0.2, 0.25) is 5.02 Å². The number of benzene rings is 1. The van der Waals surface area contributed by atoms with Crippen LogP contribution in [0.1, 0.15) is 33.3 Å². The number of ketones is 1. The Labute approximate surface area is 119 Å². The van der Waals surface area contributed by atoms with Gasteiger partial charge in [-0.15, -0.1) is 0 Å². The number of esters is 1. The summed E-state index contributed by atoms with van der Waals surface area (Å²) in [6, 6.07) is 5.59. The summed E-state index contributed by atoms with van der Waals surface area (Å²) in [6.45, 7) is 1.11. The Balaban J connectivity index is 2.07. The molecule has 0 unspecified atom stereocenters. The van der Waals surface area contributed by atoms with Gasteiger partial charge in [-0.2, -0.15) is 0 Å². The van der Waals surface area contributed by atoms with Crippen LogP contribution in [0.5, 0.6) is 0 Å². The highest BCUT2D eigenvalue weighted by Gasteiger charge is 2.14. The molecule has 0 saturated carbocycles. The van der Waals surface area contributed by atoms with Crippen LogP contribution < -0.4 is 0 Å². The number of Topliss-reactive ketones (excluding diaryl/α,β-unsaturated/α-hetero) is 1. The molecule has 2 rings (SSSR count). The molecule has 0 saturated heterocycles. The standard InChI is InChI=1S/C14H11ClFNO3/c1-8(18)9-5-13(17-6-9)14(19)20-7-10-11(15)3-2-4-12(10)16/h2-6,17H,7H2,1H3. The van der Waals surface area contributed by atoms with Crippen LogP contribution in [0.15, 0.2) is 30.5 Å². The van der Waals surface area contributed by atoms with Gasteiger partial charge in [0.25, 0.3) is 0 Å². The zero-order chi connectivity index (χ0) is 14.7. The van der Waals surface area contributed by atoms with Gasteiger partial charge in [-0.05, 0) is 25.1 Å². The number of halogens is 2. The van der Waals surface area contributed by atoms with Crippen molar-refractivity contribution in [2.24, 2.45) is 0 Å². The van der Waals surface area contributed by atoms with E-state index in [1.807, 2.05) is 0 Å². The molecule has 6 heteroatoms. The minimum absolute atomic E-state index is 0.112. The third-order valence-corrected chi connectivity index (χ3v) is 3.07. The van der Waals surface area contributed by atoms with E-state index in [0.29, 0.717) is 5.56 Å². The summed E-state index contributed by atoms with van der Waals surface area (Å²) >= 11 is 5.82. The van der Waals surface area contributed by atoms with Crippen LogP contribution in [0, 0.1) is 5.82 Å². The van der Waals surface area contributed by atoms with Gasteiger partial charge in [0, 0.05) is 17.3 Å². The lowest BCUT2D eigenvalue weighted by molar-refractivity contribution is 0.0463. The van der Waals surface area contributed by atoms with E-state index < -0.39 is 11.8 Å². The molecule has 0 spiro atoms. The molecule has 1 heterocycles. The minimum Gasteiger partial charge on any atom is -0.456 e. The number of hydrogen-bond acceptors (Lipinski definition) is 3. The Morgan fingerprint density at radius 3 is 2.75 bits per heavy atom. The first kappa shape index (κ1) is 14.3. The van der Waals surface area contributed by atoms with E-state index in [1.54, 1.807) is 0 Å². The fourth-order valence-corrected chi connectivity index (χ4v) is 1.82. The smallest absolute Gasteiger partial charge is 0.355 e. The van der Waals surface area contributed by atoms with Crippen molar-refractivity contribution < 1.29 is 18.7 Å². The quantitative estimate of drug-likeness (QED) is 0.695. The molecule has 0 radical (unpaired) electrons. The van der Waals surface area contributed by atoms with E-state index in [-0.39, 0.29) is 28.7 Å². The predicted molar refractivity (Wildman–Crippen MR) is 71.3 cm³/mol. The molecule has 20 heavy (non-hydrogen) atoms. The van der Waals surface area contributed by atoms with E-state index in [2.05, 4.69) is 4.98 Å². The molecule has 0 aliphatic carbocycles. The van der Waals surface area contributed by atoms with Crippen molar-refractivity contribution in [3.8, 4) is 0 Å². The second kappa shape index (κ2) is 5.88. The van der Waals surface area contributed by atoms with E-state index in [9.17, 15) is 14.0 Å². The molecule has 1 aromatic carbocycles. The minimum atomic E-state index is -0.684. The SMILES string of the molecule is CC(=O)c1c[nH]c(C(=O)OCc2c(F)cccc2Cl)c1. The summed E-state index contributed by atoms with van der Waals surface area (Å²) in [7, 11) is 0. The van der Waals surface area contributed by atoms with Gasteiger partial charge in [0.05, 0.1) is 5.02 Å². The lowest BCUT2D eigenvalue weighted by Crippen LogP contribution is -2.07. The number of rotatable bonds is 4. The number of carbonyl (C=O) groups is 2. The molecule has 0 aliphatic heterocycles. The van der Waals surface area contributed by atoms with Crippen LogP contribution >= 0.6 is 11.6 Å². The first-order valence-corrected chi connectivity index (χ1v) is 6.16. The molecule has 2 aromatic rings. The number of carbonyl (C=O) groups excluding carboxylic acids is 2. The largest absolute Gasteiger partial charge is 0.456 e. The van der Waals surface area contributed by atoms with Crippen molar-refractivity contribution in [3.63, 3.8) is 0 Å². The third-order valence-electron chi connectivity index (χ3n) is 2.72. The van der Waals surface area contributed by atoms with Crippen molar-refractivity contribution in [2.45, 2.75) is 13.5 Å². The molecule has 0 bridgehead atoms. The normalized spacial score (nSPS) is 10.3. The number of H-pyrrole nitrogens is 1. The average Bonchev–Trinajstić information content (AvgIpc) is 2.87. The maximum atomic E-state index is 13.5. The van der Waals surface area contributed by atoms with E-state index in [1.165, 1.54) is 37.4 Å². The van der Waals surface area contributed by atoms with Crippen LogP contribution in [-0.2, 0) is 11.3 Å². The van der Waals surface area contributed by atoms with Gasteiger partial charge in [0.2, 0.25) is 0 Å². The number of ether oxygens (including phenoxy) is 1. The van der Waals surface area contributed by atoms with Gasteiger partial charge in [-0.3, -0.25) is 4.79 Å².